The molecule has 0 aromatic carbocycles. The number of hydrogen-bond donors (Lipinski definition) is 1. The van der Waals surface area contributed by atoms with Crippen LogP contribution in [0.5, 0.6) is 0 Å². The molecule has 3 atom stereocenters. The largest absolute Gasteiger partial charge is 0.481 e. The quantitative estimate of drug-likeness (QED) is 0.584. The Bertz CT molecular complexity index is 566. The molecule has 4 bridgehead atoms. The Kier molecular flexibility index (Phi) is 4.58. The van der Waals surface area contributed by atoms with Crippen LogP contribution in [0.15, 0.2) is 0 Å². The van der Waals surface area contributed by atoms with Crippen molar-refractivity contribution in [3.05, 3.63) is 0 Å². The molecule has 0 aliphatic heterocycles. The van der Waals surface area contributed by atoms with Crippen molar-refractivity contribution in [3.63, 3.8) is 0 Å². The number of carboxylic acid groups (broad SMARTS) is 1. The molecule has 0 aromatic rings. The first kappa shape index (κ1) is 18.2. The van der Waals surface area contributed by atoms with Crippen LogP contribution in [0, 0.1) is 23.7 Å². The van der Waals surface area contributed by atoms with Gasteiger partial charge in [0.05, 0.1) is 5.92 Å². The minimum absolute atomic E-state index is 0.104. The molecule has 1 N–H and O–H groups in total. The van der Waals surface area contributed by atoms with Crippen molar-refractivity contribution in [2.45, 2.75) is 76.9 Å². The number of rotatable bonds is 6. The maximum atomic E-state index is 12.3. The summed E-state index contributed by atoms with van der Waals surface area (Å²) < 4.78 is 11.7. The zero-order valence-electron chi connectivity index (χ0n) is 15.2. The summed E-state index contributed by atoms with van der Waals surface area (Å²) in [6.45, 7) is 5.80. The van der Waals surface area contributed by atoms with Gasteiger partial charge in [0, 0.05) is 11.8 Å². The Labute approximate surface area is 148 Å². The molecular formula is C19H28O6. The van der Waals surface area contributed by atoms with E-state index in [4.69, 9.17) is 14.6 Å². The van der Waals surface area contributed by atoms with Crippen LogP contribution in [-0.4, -0.2) is 34.2 Å². The first-order valence-corrected chi connectivity index (χ1v) is 9.34. The van der Waals surface area contributed by atoms with E-state index in [-0.39, 0.29) is 23.7 Å². The number of hydrogen-bond acceptors (Lipinski definition) is 5. The fourth-order valence-corrected chi connectivity index (χ4v) is 5.29. The van der Waals surface area contributed by atoms with Gasteiger partial charge in [-0.2, -0.15) is 0 Å². The molecule has 4 aliphatic rings. The predicted molar refractivity (Wildman–Crippen MR) is 88.6 cm³/mol. The third-order valence-electron chi connectivity index (χ3n) is 6.72. The summed E-state index contributed by atoms with van der Waals surface area (Å²) in [6, 6.07) is 0. The highest BCUT2D eigenvalue weighted by Crippen LogP contribution is 2.62. The smallest absolute Gasteiger partial charge is 0.317 e. The van der Waals surface area contributed by atoms with E-state index in [0.29, 0.717) is 18.8 Å². The molecule has 25 heavy (non-hydrogen) atoms. The summed E-state index contributed by atoms with van der Waals surface area (Å²) in [7, 11) is 0. The standard InChI is InChI=1S/C19H28O6/c1-4-11(2)17(23)25-19-8-12-5-13(9-19)18(3,14(6-12)10-19)24-16(22)7-15(20)21/h11-14H,4-10H2,1-3H3,(H,20,21). The van der Waals surface area contributed by atoms with Crippen LogP contribution in [0.25, 0.3) is 0 Å². The van der Waals surface area contributed by atoms with Gasteiger partial charge in [-0.05, 0) is 51.4 Å². The highest BCUT2D eigenvalue weighted by molar-refractivity contribution is 5.90. The van der Waals surface area contributed by atoms with E-state index < -0.39 is 29.6 Å². The molecule has 0 amide bonds. The van der Waals surface area contributed by atoms with Crippen LogP contribution in [0.3, 0.4) is 0 Å². The molecule has 0 heterocycles. The Balaban J connectivity index is 1.75. The van der Waals surface area contributed by atoms with Gasteiger partial charge in [0.2, 0.25) is 0 Å². The van der Waals surface area contributed by atoms with E-state index in [1.807, 2.05) is 20.8 Å². The van der Waals surface area contributed by atoms with E-state index in [0.717, 1.165) is 25.7 Å². The first-order valence-electron chi connectivity index (χ1n) is 9.34. The molecule has 3 unspecified atom stereocenters. The highest BCUT2D eigenvalue weighted by Gasteiger charge is 2.63. The number of carboxylic acids is 1. The molecule has 4 aliphatic carbocycles. The summed E-state index contributed by atoms with van der Waals surface area (Å²) in [5, 5.41) is 8.81. The number of aliphatic carboxylic acids is 1. The molecule has 6 nitrogen and oxygen atoms in total. The molecule has 0 radical (unpaired) electrons. The van der Waals surface area contributed by atoms with Crippen LogP contribution in [0.1, 0.15) is 65.7 Å². The van der Waals surface area contributed by atoms with Crippen LogP contribution in [0.2, 0.25) is 0 Å². The second kappa shape index (κ2) is 6.29. The Morgan fingerprint density at radius 3 is 2.24 bits per heavy atom. The summed E-state index contributed by atoms with van der Waals surface area (Å²) in [5.74, 6) is -1.33. The van der Waals surface area contributed by atoms with Crippen molar-refractivity contribution in [2.75, 3.05) is 0 Å². The Morgan fingerprint density at radius 1 is 1.12 bits per heavy atom. The maximum Gasteiger partial charge on any atom is 0.317 e. The molecule has 6 heteroatoms. The lowest BCUT2D eigenvalue weighted by molar-refractivity contribution is -0.245. The van der Waals surface area contributed by atoms with Gasteiger partial charge in [-0.25, -0.2) is 0 Å². The molecule has 140 valence electrons. The molecule has 0 saturated heterocycles. The molecule has 4 rings (SSSR count). The molecule has 4 saturated carbocycles. The van der Waals surface area contributed by atoms with E-state index in [9.17, 15) is 14.4 Å². The topological polar surface area (TPSA) is 89.9 Å². The van der Waals surface area contributed by atoms with E-state index >= 15 is 0 Å². The normalized spacial score (nSPS) is 39.7. The van der Waals surface area contributed by atoms with Crippen molar-refractivity contribution >= 4 is 17.9 Å². The fourth-order valence-electron chi connectivity index (χ4n) is 5.29. The number of ether oxygens (including phenoxy) is 2. The third-order valence-corrected chi connectivity index (χ3v) is 6.72. The lowest BCUT2D eigenvalue weighted by Crippen LogP contribution is -2.64. The SMILES string of the molecule is CCC(C)C(=O)OC12CC3CC(C1)C(C)(OC(=O)CC(=O)O)C(C3)C2. The zero-order valence-corrected chi connectivity index (χ0v) is 15.2. The van der Waals surface area contributed by atoms with Crippen LogP contribution >= 0.6 is 0 Å². The van der Waals surface area contributed by atoms with Crippen molar-refractivity contribution in [2.24, 2.45) is 23.7 Å². The second-order valence-corrected chi connectivity index (χ2v) is 8.49. The van der Waals surface area contributed by atoms with Crippen molar-refractivity contribution in [1.29, 1.82) is 0 Å². The lowest BCUT2D eigenvalue weighted by Gasteiger charge is -2.62. The van der Waals surface area contributed by atoms with Crippen molar-refractivity contribution < 1.29 is 29.0 Å². The summed E-state index contributed by atoms with van der Waals surface area (Å²) in [6.07, 6.45) is 4.38. The maximum absolute atomic E-state index is 12.3. The summed E-state index contributed by atoms with van der Waals surface area (Å²) in [4.78, 5) is 35.1. The van der Waals surface area contributed by atoms with E-state index in [2.05, 4.69) is 0 Å². The van der Waals surface area contributed by atoms with Crippen LogP contribution in [-0.2, 0) is 23.9 Å². The summed E-state index contributed by atoms with van der Waals surface area (Å²) >= 11 is 0. The van der Waals surface area contributed by atoms with Gasteiger partial charge in [0.25, 0.3) is 0 Å². The Morgan fingerprint density at radius 2 is 1.72 bits per heavy atom. The van der Waals surface area contributed by atoms with Crippen molar-refractivity contribution in [3.8, 4) is 0 Å². The molecule has 0 spiro atoms. The monoisotopic (exact) mass is 352 g/mol. The second-order valence-electron chi connectivity index (χ2n) is 8.49. The fraction of sp³-hybridized carbons (Fsp3) is 0.842. The Hall–Kier alpha value is -1.59. The molecule has 0 aromatic heterocycles. The summed E-state index contributed by atoms with van der Waals surface area (Å²) in [5.41, 5.74) is -1.06. The first-order chi connectivity index (χ1) is 11.7. The lowest BCUT2D eigenvalue weighted by atomic mass is 9.48. The van der Waals surface area contributed by atoms with Gasteiger partial charge in [0.15, 0.2) is 0 Å². The third kappa shape index (κ3) is 3.27. The predicted octanol–water partition coefficient (Wildman–Crippen LogP) is 2.93. The average molecular weight is 352 g/mol. The minimum Gasteiger partial charge on any atom is -0.481 e. The minimum atomic E-state index is -1.17. The van der Waals surface area contributed by atoms with Gasteiger partial charge in [-0.15, -0.1) is 0 Å². The van der Waals surface area contributed by atoms with Crippen LogP contribution in [0.4, 0.5) is 0 Å². The molecule has 4 fully saturated rings. The molecular weight excluding hydrogens is 324 g/mol. The van der Waals surface area contributed by atoms with Gasteiger partial charge < -0.3 is 14.6 Å². The highest BCUT2D eigenvalue weighted by atomic mass is 16.6. The van der Waals surface area contributed by atoms with Gasteiger partial charge >= 0.3 is 17.9 Å². The van der Waals surface area contributed by atoms with Crippen molar-refractivity contribution in [1.82, 2.24) is 0 Å². The van der Waals surface area contributed by atoms with Gasteiger partial charge in [-0.1, -0.05) is 13.8 Å². The average Bonchev–Trinajstić information content (AvgIpc) is 2.50. The number of esters is 2. The van der Waals surface area contributed by atoms with Gasteiger partial charge in [-0.3, -0.25) is 14.4 Å². The van der Waals surface area contributed by atoms with Crippen LogP contribution < -0.4 is 0 Å². The number of carbonyl (C=O) groups excluding carboxylic acids is 2. The number of carbonyl (C=O) groups is 3. The zero-order chi connectivity index (χ0) is 18.4. The van der Waals surface area contributed by atoms with E-state index in [1.54, 1.807) is 0 Å². The van der Waals surface area contributed by atoms with E-state index in [1.165, 1.54) is 0 Å². The van der Waals surface area contributed by atoms with Gasteiger partial charge in [0.1, 0.15) is 17.6 Å².